The summed E-state index contributed by atoms with van der Waals surface area (Å²) in [4.78, 5) is 27.2. The van der Waals surface area contributed by atoms with Gasteiger partial charge in [0, 0.05) is 41.3 Å². The summed E-state index contributed by atoms with van der Waals surface area (Å²) in [6.45, 7) is 4.09. The van der Waals surface area contributed by atoms with Crippen molar-refractivity contribution in [3.05, 3.63) is 120 Å². The molecule has 1 amide bonds. The van der Waals surface area contributed by atoms with E-state index in [1.54, 1.807) is 31.5 Å². The second kappa shape index (κ2) is 11.5. The van der Waals surface area contributed by atoms with E-state index in [0.717, 1.165) is 28.0 Å². The van der Waals surface area contributed by atoms with Gasteiger partial charge in [0.2, 0.25) is 0 Å². The van der Waals surface area contributed by atoms with Crippen LogP contribution in [0.5, 0.6) is 5.75 Å². The predicted molar refractivity (Wildman–Crippen MR) is 171 cm³/mol. The predicted octanol–water partition coefficient (Wildman–Crippen LogP) is 5.90. The average Bonchev–Trinajstić information content (AvgIpc) is 3.42. The summed E-state index contributed by atoms with van der Waals surface area (Å²) in [5, 5.41) is 2.95. The van der Waals surface area contributed by atoms with Crippen molar-refractivity contribution in [2.75, 3.05) is 18.6 Å². The Balaban J connectivity index is 1.34. The number of nitrogens with zero attached hydrogens (tertiary/aromatic N) is 4. The van der Waals surface area contributed by atoms with E-state index >= 15 is 0 Å². The summed E-state index contributed by atoms with van der Waals surface area (Å²) < 4.78 is 7.30. The van der Waals surface area contributed by atoms with Crippen molar-refractivity contribution in [2.24, 2.45) is 0 Å². The van der Waals surface area contributed by atoms with Crippen molar-refractivity contribution < 1.29 is 9.53 Å². The van der Waals surface area contributed by atoms with Crippen LogP contribution in [0.25, 0.3) is 45.6 Å². The standard InChI is InChI=1S/C34H29N7O2/c1-3-22-18-26(27(35)19-30(22)43-2)34(42)38-20-21-11-13-24(14-12-21)41-32(25-10-7-17-37-31(25)36)40-29-16-15-28(39-33(29)41)23-8-5-4-6-9-23/h3-19H,1,20,35H2,2H3,(H2,36,37)(H,38,42). The molecule has 0 radical (unpaired) electrons. The summed E-state index contributed by atoms with van der Waals surface area (Å²) in [5.41, 5.74) is 19.5. The molecule has 0 atom stereocenters. The van der Waals surface area contributed by atoms with E-state index < -0.39 is 0 Å². The highest BCUT2D eigenvalue weighted by Crippen LogP contribution is 2.32. The highest BCUT2D eigenvalue weighted by molar-refractivity contribution is 6.00. The van der Waals surface area contributed by atoms with Crippen LogP contribution in [-0.4, -0.2) is 32.5 Å². The Morgan fingerprint density at radius 2 is 1.77 bits per heavy atom. The topological polar surface area (TPSA) is 134 Å². The molecule has 0 fully saturated rings. The summed E-state index contributed by atoms with van der Waals surface area (Å²) in [5.74, 6) is 1.27. The number of hydrogen-bond donors (Lipinski definition) is 3. The van der Waals surface area contributed by atoms with Crippen LogP contribution in [0.3, 0.4) is 0 Å². The summed E-state index contributed by atoms with van der Waals surface area (Å²) in [7, 11) is 1.55. The second-order valence-corrected chi connectivity index (χ2v) is 9.85. The van der Waals surface area contributed by atoms with E-state index in [1.165, 1.54) is 0 Å². The Morgan fingerprint density at radius 3 is 2.49 bits per heavy atom. The van der Waals surface area contributed by atoms with Crippen LogP contribution in [0, 0.1) is 0 Å². The highest BCUT2D eigenvalue weighted by atomic mass is 16.5. The maximum atomic E-state index is 13.0. The van der Waals surface area contributed by atoms with Crippen molar-refractivity contribution in [1.29, 1.82) is 0 Å². The number of methoxy groups -OCH3 is 1. The molecule has 3 aromatic carbocycles. The fourth-order valence-corrected chi connectivity index (χ4v) is 4.94. The largest absolute Gasteiger partial charge is 0.496 e. The molecule has 6 aromatic rings. The minimum absolute atomic E-state index is 0.292. The fraction of sp³-hybridized carbons (Fsp3) is 0.0588. The molecule has 9 heteroatoms. The minimum atomic E-state index is -0.292. The van der Waals surface area contributed by atoms with Gasteiger partial charge in [-0.05, 0) is 48.0 Å². The van der Waals surface area contributed by atoms with E-state index in [4.69, 9.17) is 26.2 Å². The minimum Gasteiger partial charge on any atom is -0.496 e. The Labute approximate surface area is 248 Å². The third kappa shape index (κ3) is 5.27. The zero-order chi connectivity index (χ0) is 29.9. The number of carbonyl (C=O) groups excluding carboxylic acids is 1. The van der Waals surface area contributed by atoms with Crippen molar-refractivity contribution >= 4 is 34.7 Å². The molecule has 0 bridgehead atoms. The van der Waals surface area contributed by atoms with E-state index in [9.17, 15) is 4.79 Å². The normalized spacial score (nSPS) is 10.9. The number of fused-ring (bicyclic) bond motifs is 1. The zero-order valence-electron chi connectivity index (χ0n) is 23.5. The lowest BCUT2D eigenvalue weighted by molar-refractivity contribution is 0.0951. The number of nitrogens with one attached hydrogen (secondary N) is 1. The van der Waals surface area contributed by atoms with Gasteiger partial charge >= 0.3 is 0 Å². The maximum absolute atomic E-state index is 13.0. The number of anilines is 2. The first-order valence-corrected chi connectivity index (χ1v) is 13.6. The molecule has 5 N–H and O–H groups in total. The van der Waals surface area contributed by atoms with Gasteiger partial charge in [0.25, 0.3) is 5.91 Å². The number of imidazole rings is 1. The van der Waals surface area contributed by atoms with Crippen LogP contribution in [0.1, 0.15) is 21.5 Å². The number of amides is 1. The Kier molecular flexibility index (Phi) is 7.28. The van der Waals surface area contributed by atoms with Gasteiger partial charge in [-0.2, -0.15) is 0 Å². The van der Waals surface area contributed by atoms with Crippen LogP contribution < -0.4 is 21.5 Å². The number of benzene rings is 3. The monoisotopic (exact) mass is 567 g/mol. The Hall–Kier alpha value is -5.96. The van der Waals surface area contributed by atoms with E-state index in [1.807, 2.05) is 83.4 Å². The van der Waals surface area contributed by atoms with Crippen LogP contribution >= 0.6 is 0 Å². The van der Waals surface area contributed by atoms with Crippen molar-refractivity contribution in [3.8, 4) is 34.1 Å². The van der Waals surface area contributed by atoms with Gasteiger partial charge in [-0.1, -0.05) is 55.1 Å². The van der Waals surface area contributed by atoms with Crippen molar-refractivity contribution in [2.45, 2.75) is 6.54 Å². The van der Waals surface area contributed by atoms with Gasteiger partial charge in [0.05, 0.1) is 23.9 Å². The Bertz CT molecular complexity index is 1970. The number of hydrogen-bond acceptors (Lipinski definition) is 7. The highest BCUT2D eigenvalue weighted by Gasteiger charge is 2.19. The zero-order valence-corrected chi connectivity index (χ0v) is 23.5. The van der Waals surface area contributed by atoms with Gasteiger partial charge < -0.3 is 21.5 Å². The van der Waals surface area contributed by atoms with Crippen LogP contribution in [0.2, 0.25) is 0 Å². The maximum Gasteiger partial charge on any atom is 0.253 e. The Morgan fingerprint density at radius 1 is 0.977 bits per heavy atom. The molecule has 0 aliphatic rings. The first-order valence-electron chi connectivity index (χ1n) is 13.6. The summed E-state index contributed by atoms with van der Waals surface area (Å²) >= 11 is 0. The molecule has 3 heterocycles. The molecule has 0 saturated carbocycles. The van der Waals surface area contributed by atoms with Crippen molar-refractivity contribution in [3.63, 3.8) is 0 Å². The molecule has 43 heavy (non-hydrogen) atoms. The SMILES string of the molecule is C=Cc1cc(C(=O)NCc2ccc(-n3c(-c4cccnc4N)nc4ccc(-c5ccccc5)nc43)cc2)c(N)cc1OC. The smallest absolute Gasteiger partial charge is 0.253 e. The van der Waals surface area contributed by atoms with Gasteiger partial charge in [-0.3, -0.25) is 9.36 Å². The van der Waals surface area contributed by atoms with Gasteiger partial charge in [0.1, 0.15) is 17.1 Å². The molecule has 212 valence electrons. The second-order valence-electron chi connectivity index (χ2n) is 9.85. The molecular weight excluding hydrogens is 538 g/mol. The first-order chi connectivity index (χ1) is 21.0. The third-order valence-corrected chi connectivity index (χ3v) is 7.17. The first kappa shape index (κ1) is 27.2. The van der Waals surface area contributed by atoms with Gasteiger partial charge in [-0.15, -0.1) is 0 Å². The number of nitrogens with two attached hydrogens (primary N) is 2. The molecular formula is C34H29N7O2. The number of aromatic nitrogens is 4. The quantitative estimate of drug-likeness (QED) is 0.195. The third-order valence-electron chi connectivity index (χ3n) is 7.17. The number of rotatable bonds is 8. The van der Waals surface area contributed by atoms with Gasteiger partial charge in [0.15, 0.2) is 11.5 Å². The van der Waals surface area contributed by atoms with Crippen molar-refractivity contribution in [1.82, 2.24) is 24.8 Å². The molecule has 6 rings (SSSR count). The van der Waals surface area contributed by atoms with E-state index in [2.05, 4.69) is 16.9 Å². The van der Waals surface area contributed by atoms with E-state index in [0.29, 0.717) is 52.0 Å². The van der Waals surface area contributed by atoms with Gasteiger partial charge in [-0.25, -0.2) is 15.0 Å². The molecule has 9 nitrogen and oxygen atoms in total. The molecule has 0 unspecified atom stereocenters. The number of carbonyl (C=O) groups is 1. The van der Waals surface area contributed by atoms with Crippen LogP contribution in [-0.2, 0) is 6.54 Å². The summed E-state index contributed by atoms with van der Waals surface area (Å²) in [6, 6.07) is 28.8. The number of nitrogen functional groups attached to an aromatic ring is 2. The fourth-order valence-electron chi connectivity index (χ4n) is 4.94. The molecule has 3 aromatic heterocycles. The summed E-state index contributed by atoms with van der Waals surface area (Å²) in [6.07, 6.45) is 3.27. The van der Waals surface area contributed by atoms with Crippen LogP contribution in [0.4, 0.5) is 11.5 Å². The molecule has 0 aliphatic carbocycles. The van der Waals surface area contributed by atoms with E-state index in [-0.39, 0.29) is 5.91 Å². The lowest BCUT2D eigenvalue weighted by Gasteiger charge is -2.13. The lowest BCUT2D eigenvalue weighted by atomic mass is 10.1. The lowest BCUT2D eigenvalue weighted by Crippen LogP contribution is -2.24. The number of ether oxygens (including phenoxy) is 1. The number of pyridine rings is 2. The average molecular weight is 568 g/mol. The molecule has 0 saturated heterocycles. The van der Waals surface area contributed by atoms with Crippen LogP contribution in [0.15, 0.2) is 104 Å². The molecule has 0 aliphatic heterocycles. The molecule has 0 spiro atoms.